The molecular weight excluding hydrogens is 255 g/mol. The average molecular weight is 292 g/mol. The maximum atomic E-state index is 5.59. The molecule has 0 spiro atoms. The van der Waals surface area contributed by atoms with Crippen molar-refractivity contribution in [3.8, 4) is 0 Å². The van der Waals surface area contributed by atoms with Crippen molar-refractivity contribution in [3.05, 3.63) is 23.7 Å². The molecule has 0 aliphatic heterocycles. The minimum atomic E-state index is 1.04. The first-order valence-electron chi connectivity index (χ1n) is 9.38. The van der Waals surface area contributed by atoms with Crippen molar-refractivity contribution in [1.29, 1.82) is 0 Å². The van der Waals surface area contributed by atoms with E-state index in [4.69, 9.17) is 4.42 Å². The number of rotatable bonds is 14. The van der Waals surface area contributed by atoms with Crippen LogP contribution in [-0.4, -0.2) is 0 Å². The Kier molecular flexibility index (Phi) is 11.3. The van der Waals surface area contributed by atoms with E-state index in [1.54, 1.807) is 0 Å². The number of aryl methyl sites for hydroxylation is 2. The molecule has 0 bridgehead atoms. The van der Waals surface area contributed by atoms with Crippen LogP contribution in [0, 0.1) is 6.92 Å². The van der Waals surface area contributed by atoms with E-state index < -0.39 is 0 Å². The lowest BCUT2D eigenvalue weighted by Crippen LogP contribution is -1.85. The van der Waals surface area contributed by atoms with E-state index in [1.807, 2.05) is 6.92 Å². The highest BCUT2D eigenvalue weighted by Crippen LogP contribution is 2.14. The molecule has 0 atom stereocenters. The molecule has 1 aromatic rings. The van der Waals surface area contributed by atoms with Crippen LogP contribution in [0.1, 0.15) is 102 Å². The molecule has 0 aromatic carbocycles. The van der Waals surface area contributed by atoms with Gasteiger partial charge in [-0.1, -0.05) is 84.0 Å². The summed E-state index contributed by atoms with van der Waals surface area (Å²) >= 11 is 0. The summed E-state index contributed by atoms with van der Waals surface area (Å²) in [6.07, 6.45) is 19.5. The monoisotopic (exact) mass is 291 g/mol. The van der Waals surface area contributed by atoms with Gasteiger partial charge in [0.1, 0.15) is 11.5 Å². The maximum Gasteiger partial charge on any atom is 0.104 e. The van der Waals surface area contributed by atoms with Crippen molar-refractivity contribution in [1.82, 2.24) is 0 Å². The number of hydrogen-bond acceptors (Lipinski definition) is 1. The van der Waals surface area contributed by atoms with Crippen LogP contribution in [0.15, 0.2) is 16.5 Å². The van der Waals surface area contributed by atoms with E-state index in [-0.39, 0.29) is 0 Å². The summed E-state index contributed by atoms with van der Waals surface area (Å²) in [7, 11) is 0. The van der Waals surface area contributed by atoms with Gasteiger partial charge < -0.3 is 4.42 Å². The van der Waals surface area contributed by atoms with Crippen molar-refractivity contribution in [2.45, 2.75) is 104 Å². The van der Waals surface area contributed by atoms with E-state index in [1.165, 1.54) is 83.5 Å². The van der Waals surface area contributed by atoms with Gasteiger partial charge in [-0.2, -0.15) is 0 Å². The Morgan fingerprint density at radius 3 is 1.57 bits per heavy atom. The second-order valence-corrected chi connectivity index (χ2v) is 6.50. The molecule has 0 aliphatic carbocycles. The number of unbranched alkanes of at least 4 members (excludes halogenated alkanes) is 12. The van der Waals surface area contributed by atoms with E-state index in [2.05, 4.69) is 19.1 Å². The summed E-state index contributed by atoms with van der Waals surface area (Å²) < 4.78 is 5.59. The molecule has 1 aromatic heterocycles. The molecule has 21 heavy (non-hydrogen) atoms. The summed E-state index contributed by atoms with van der Waals surface area (Å²) in [6, 6.07) is 4.19. The Morgan fingerprint density at radius 2 is 1.14 bits per heavy atom. The summed E-state index contributed by atoms with van der Waals surface area (Å²) in [5.74, 6) is 2.20. The van der Waals surface area contributed by atoms with Gasteiger partial charge in [-0.05, 0) is 25.5 Å². The first kappa shape index (κ1) is 18.3. The molecule has 0 saturated carbocycles. The Morgan fingerprint density at radius 1 is 0.667 bits per heavy atom. The fraction of sp³-hybridized carbons (Fsp3) is 0.800. The zero-order chi connectivity index (χ0) is 15.2. The fourth-order valence-electron chi connectivity index (χ4n) is 2.94. The Balaban J connectivity index is 1.74. The second kappa shape index (κ2) is 13.0. The van der Waals surface area contributed by atoms with Gasteiger partial charge in [0.15, 0.2) is 0 Å². The van der Waals surface area contributed by atoms with Crippen molar-refractivity contribution < 1.29 is 4.42 Å². The molecule has 1 rings (SSSR count). The van der Waals surface area contributed by atoms with Crippen molar-refractivity contribution in [3.63, 3.8) is 0 Å². The van der Waals surface area contributed by atoms with Gasteiger partial charge in [0, 0.05) is 6.42 Å². The Bertz CT molecular complexity index is 326. The fourth-order valence-corrected chi connectivity index (χ4v) is 2.94. The van der Waals surface area contributed by atoms with Crippen LogP contribution >= 0.6 is 0 Å². The number of furan rings is 1. The Labute approximate surface area is 132 Å². The normalized spacial score (nSPS) is 11.1. The summed E-state index contributed by atoms with van der Waals surface area (Å²) in [6.45, 7) is 4.31. The molecule has 0 unspecified atom stereocenters. The van der Waals surface area contributed by atoms with Crippen LogP contribution in [0.2, 0.25) is 0 Å². The predicted octanol–water partition coefficient (Wildman–Crippen LogP) is 7.22. The molecule has 0 amide bonds. The van der Waals surface area contributed by atoms with Gasteiger partial charge in [0.05, 0.1) is 0 Å². The van der Waals surface area contributed by atoms with Crippen LogP contribution in [-0.2, 0) is 6.42 Å². The quantitative estimate of drug-likeness (QED) is 0.330. The zero-order valence-electron chi connectivity index (χ0n) is 14.5. The molecule has 122 valence electrons. The molecular formula is C20H36O. The van der Waals surface area contributed by atoms with Gasteiger partial charge in [-0.15, -0.1) is 0 Å². The standard InChI is InChI=1S/C20H36O/c1-3-4-5-6-7-8-9-10-11-12-13-14-15-16-20-18-17-19(2)21-20/h17-18H,3-16H2,1-2H3/i1-1. The first-order valence-corrected chi connectivity index (χ1v) is 9.38. The van der Waals surface area contributed by atoms with E-state index in [0.29, 0.717) is 0 Å². The lowest BCUT2D eigenvalue weighted by atomic mass is 10.0. The summed E-state index contributed by atoms with van der Waals surface area (Å²) in [4.78, 5) is 0. The third-order valence-electron chi connectivity index (χ3n) is 4.32. The lowest BCUT2D eigenvalue weighted by Gasteiger charge is -2.02. The van der Waals surface area contributed by atoms with E-state index in [0.717, 1.165) is 17.9 Å². The van der Waals surface area contributed by atoms with Crippen LogP contribution in [0.4, 0.5) is 0 Å². The van der Waals surface area contributed by atoms with Crippen LogP contribution < -0.4 is 0 Å². The van der Waals surface area contributed by atoms with Gasteiger partial charge in [-0.3, -0.25) is 0 Å². The molecule has 0 fully saturated rings. The molecule has 1 heterocycles. The highest BCUT2D eigenvalue weighted by Gasteiger charge is 1.98. The van der Waals surface area contributed by atoms with Crippen molar-refractivity contribution >= 4 is 0 Å². The SMILES string of the molecule is Cc1ccc(CCCCCCCCCCCCCC[11CH3])o1. The van der Waals surface area contributed by atoms with Crippen LogP contribution in [0.25, 0.3) is 0 Å². The first-order chi connectivity index (χ1) is 10.3. The predicted molar refractivity (Wildman–Crippen MR) is 92.8 cm³/mol. The Hall–Kier alpha value is -0.720. The topological polar surface area (TPSA) is 13.1 Å². The smallest absolute Gasteiger partial charge is 0.104 e. The molecule has 0 radical (unpaired) electrons. The summed E-state index contributed by atoms with van der Waals surface area (Å²) in [5, 5.41) is 0. The minimum Gasteiger partial charge on any atom is -0.466 e. The third kappa shape index (κ3) is 10.6. The molecule has 1 nitrogen and oxygen atoms in total. The highest BCUT2D eigenvalue weighted by molar-refractivity contribution is 5.05. The largest absolute Gasteiger partial charge is 0.466 e. The van der Waals surface area contributed by atoms with Crippen molar-refractivity contribution in [2.24, 2.45) is 0 Å². The maximum absolute atomic E-state index is 5.59. The van der Waals surface area contributed by atoms with Crippen LogP contribution in [0.5, 0.6) is 0 Å². The molecule has 1 heteroatoms. The highest BCUT2D eigenvalue weighted by atomic mass is 16.3. The van der Waals surface area contributed by atoms with Crippen LogP contribution in [0.3, 0.4) is 0 Å². The zero-order valence-corrected chi connectivity index (χ0v) is 14.5. The molecule has 0 aliphatic rings. The second-order valence-electron chi connectivity index (χ2n) is 6.50. The van der Waals surface area contributed by atoms with E-state index in [9.17, 15) is 0 Å². The third-order valence-corrected chi connectivity index (χ3v) is 4.32. The molecule has 0 N–H and O–H groups in total. The van der Waals surface area contributed by atoms with Gasteiger partial charge >= 0.3 is 0 Å². The van der Waals surface area contributed by atoms with Gasteiger partial charge in [-0.25, -0.2) is 0 Å². The van der Waals surface area contributed by atoms with Gasteiger partial charge in [0.2, 0.25) is 0 Å². The lowest BCUT2D eigenvalue weighted by molar-refractivity contribution is 0.469. The average Bonchev–Trinajstić information content (AvgIpc) is 2.89. The minimum absolute atomic E-state index is 1.04. The van der Waals surface area contributed by atoms with Crippen molar-refractivity contribution in [2.75, 3.05) is 0 Å². The van der Waals surface area contributed by atoms with Gasteiger partial charge in [0.25, 0.3) is 0 Å². The summed E-state index contributed by atoms with van der Waals surface area (Å²) in [5.41, 5.74) is 0. The molecule has 0 saturated heterocycles. The van der Waals surface area contributed by atoms with E-state index >= 15 is 0 Å². The number of hydrogen-bond donors (Lipinski definition) is 0.